The van der Waals surface area contributed by atoms with Gasteiger partial charge in [0.1, 0.15) is 6.10 Å². The minimum absolute atomic E-state index is 0.0498. The molecule has 36 heavy (non-hydrogen) atoms. The van der Waals surface area contributed by atoms with Gasteiger partial charge in [0, 0.05) is 22.3 Å². The van der Waals surface area contributed by atoms with Crippen LogP contribution in [0.4, 0.5) is 17.6 Å². The van der Waals surface area contributed by atoms with E-state index in [0.717, 1.165) is 6.42 Å². The van der Waals surface area contributed by atoms with Crippen molar-refractivity contribution in [2.75, 3.05) is 6.61 Å². The highest BCUT2D eigenvalue weighted by Gasteiger charge is 2.30. The fraction of sp³-hybridized carbons (Fsp3) is 0.207. The van der Waals surface area contributed by atoms with Gasteiger partial charge in [0.05, 0.1) is 6.61 Å². The van der Waals surface area contributed by atoms with Gasteiger partial charge in [-0.25, -0.2) is 18.0 Å². The Morgan fingerprint density at radius 1 is 0.889 bits per heavy atom. The molecule has 5 rings (SSSR count). The molecule has 2 unspecified atom stereocenters. The first-order chi connectivity index (χ1) is 17.4. The van der Waals surface area contributed by atoms with Gasteiger partial charge >= 0.3 is 5.97 Å². The summed E-state index contributed by atoms with van der Waals surface area (Å²) in [6, 6.07) is 11.4. The lowest BCUT2D eigenvalue weighted by atomic mass is 9.90. The smallest absolute Gasteiger partial charge is 0.339 e. The van der Waals surface area contributed by atoms with Gasteiger partial charge in [-0.2, -0.15) is 4.39 Å². The van der Waals surface area contributed by atoms with Crippen LogP contribution in [-0.2, 0) is 9.53 Å². The van der Waals surface area contributed by atoms with E-state index in [4.69, 9.17) is 9.47 Å². The third-order valence-electron chi connectivity index (χ3n) is 6.60. The van der Waals surface area contributed by atoms with Crippen LogP contribution in [0.5, 0.6) is 5.75 Å². The molecule has 7 heteroatoms. The van der Waals surface area contributed by atoms with Gasteiger partial charge in [0.25, 0.3) is 0 Å². The second-order valence-corrected chi connectivity index (χ2v) is 8.86. The van der Waals surface area contributed by atoms with Crippen molar-refractivity contribution in [3.8, 4) is 28.0 Å². The minimum atomic E-state index is -1.28. The van der Waals surface area contributed by atoms with Crippen molar-refractivity contribution in [2.24, 2.45) is 5.92 Å². The number of rotatable bonds is 6. The molecule has 0 bridgehead atoms. The number of carbonyl (C=O) groups is 1. The molecule has 1 heterocycles. The summed E-state index contributed by atoms with van der Waals surface area (Å²) in [5, 5.41) is 0. The second-order valence-electron chi connectivity index (χ2n) is 8.86. The maximum absolute atomic E-state index is 14.9. The van der Waals surface area contributed by atoms with Crippen LogP contribution in [0.15, 0.2) is 72.8 Å². The zero-order valence-corrected chi connectivity index (χ0v) is 19.2. The Labute approximate surface area is 205 Å². The molecule has 2 aliphatic rings. The first-order valence-corrected chi connectivity index (χ1v) is 11.6. The zero-order chi connectivity index (χ0) is 25.4. The number of hydrogen-bond donors (Lipinski definition) is 0. The highest BCUT2D eigenvalue weighted by molar-refractivity contribution is 5.90. The maximum atomic E-state index is 14.9. The monoisotopic (exact) mass is 494 g/mol. The Kier molecular flexibility index (Phi) is 6.49. The summed E-state index contributed by atoms with van der Waals surface area (Å²) < 4.78 is 68.8. The topological polar surface area (TPSA) is 38.8 Å². The molecule has 184 valence electrons. The second kappa shape index (κ2) is 9.74. The fourth-order valence-corrected chi connectivity index (χ4v) is 4.35. The average Bonchev–Trinajstić information content (AvgIpc) is 3.74. The van der Waals surface area contributed by atoms with E-state index in [2.05, 4.69) is 6.58 Å². The molecule has 0 amide bonds. The van der Waals surface area contributed by atoms with Crippen molar-refractivity contribution < 1.29 is 31.8 Å². The molecule has 0 N–H and O–H groups in total. The molecule has 0 aromatic heterocycles. The number of halogens is 4. The fourth-order valence-electron chi connectivity index (χ4n) is 4.35. The quantitative estimate of drug-likeness (QED) is 0.117. The van der Waals surface area contributed by atoms with Crippen molar-refractivity contribution >= 4 is 5.97 Å². The molecule has 0 spiro atoms. The zero-order valence-electron chi connectivity index (χ0n) is 19.2. The molecular formula is C29H22F4O3. The van der Waals surface area contributed by atoms with Crippen LogP contribution in [-0.4, -0.2) is 12.6 Å². The first kappa shape index (κ1) is 24.0. The summed E-state index contributed by atoms with van der Waals surface area (Å²) >= 11 is 0. The molecular weight excluding hydrogens is 472 g/mol. The normalized spacial score (nSPS) is 18.9. The van der Waals surface area contributed by atoms with E-state index in [9.17, 15) is 22.4 Å². The number of epoxide rings is 1. The SMILES string of the molecule is C=CC1CC=C(C(=O)Oc2ccc(-c3ccc(-c4ccc(C5CO5)c(F)c4F)cc3)c(F)c2F)CC1. The Morgan fingerprint density at radius 3 is 2.06 bits per heavy atom. The van der Waals surface area contributed by atoms with Crippen LogP contribution < -0.4 is 4.74 Å². The van der Waals surface area contributed by atoms with Gasteiger partial charge in [-0.15, -0.1) is 6.58 Å². The lowest BCUT2D eigenvalue weighted by Gasteiger charge is -2.18. The Balaban J connectivity index is 1.35. The lowest BCUT2D eigenvalue weighted by molar-refractivity contribution is -0.130. The van der Waals surface area contributed by atoms with Gasteiger partial charge in [-0.05, 0) is 48.4 Å². The van der Waals surface area contributed by atoms with Crippen molar-refractivity contribution in [1.29, 1.82) is 0 Å². The molecule has 1 fully saturated rings. The molecule has 3 aromatic rings. The van der Waals surface area contributed by atoms with E-state index in [1.54, 1.807) is 6.08 Å². The van der Waals surface area contributed by atoms with Crippen LogP contribution in [0, 0.1) is 29.2 Å². The lowest BCUT2D eigenvalue weighted by Crippen LogP contribution is -2.16. The average molecular weight is 494 g/mol. The van der Waals surface area contributed by atoms with Crippen molar-refractivity contribution in [3.63, 3.8) is 0 Å². The maximum Gasteiger partial charge on any atom is 0.339 e. The van der Waals surface area contributed by atoms with Crippen LogP contribution in [0.2, 0.25) is 0 Å². The highest BCUT2D eigenvalue weighted by atomic mass is 19.2. The number of hydrogen-bond acceptors (Lipinski definition) is 3. The van der Waals surface area contributed by atoms with Crippen LogP contribution >= 0.6 is 0 Å². The summed E-state index contributed by atoms with van der Waals surface area (Å²) in [4.78, 5) is 12.4. The highest BCUT2D eigenvalue weighted by Crippen LogP contribution is 2.37. The van der Waals surface area contributed by atoms with E-state index < -0.39 is 41.1 Å². The summed E-state index contributed by atoms with van der Waals surface area (Å²) in [5.41, 5.74) is 1.29. The first-order valence-electron chi connectivity index (χ1n) is 11.6. The summed E-state index contributed by atoms with van der Waals surface area (Å²) in [6.45, 7) is 4.10. The van der Waals surface area contributed by atoms with Crippen molar-refractivity contribution in [2.45, 2.75) is 25.4 Å². The van der Waals surface area contributed by atoms with Crippen LogP contribution in [0.25, 0.3) is 22.3 Å². The Hall–Kier alpha value is -3.71. The van der Waals surface area contributed by atoms with Gasteiger partial charge in [0.15, 0.2) is 23.2 Å². The Morgan fingerprint density at radius 2 is 1.50 bits per heavy atom. The van der Waals surface area contributed by atoms with Crippen molar-refractivity contribution in [1.82, 2.24) is 0 Å². The van der Waals surface area contributed by atoms with Crippen LogP contribution in [0.1, 0.15) is 30.9 Å². The third-order valence-corrected chi connectivity index (χ3v) is 6.60. The van der Waals surface area contributed by atoms with E-state index in [1.807, 2.05) is 6.08 Å². The number of ether oxygens (including phenoxy) is 2. The molecule has 1 saturated heterocycles. The molecule has 1 aliphatic carbocycles. The predicted molar refractivity (Wildman–Crippen MR) is 127 cm³/mol. The Bertz CT molecular complexity index is 1370. The molecule has 1 aliphatic heterocycles. The van der Waals surface area contributed by atoms with Crippen LogP contribution in [0.3, 0.4) is 0 Å². The molecule has 2 atom stereocenters. The summed E-state index contributed by atoms with van der Waals surface area (Å²) in [5.74, 6) is -5.33. The summed E-state index contributed by atoms with van der Waals surface area (Å²) in [7, 11) is 0. The van der Waals surface area contributed by atoms with Crippen molar-refractivity contribution in [3.05, 3.63) is 102 Å². The largest absolute Gasteiger partial charge is 0.420 e. The number of esters is 1. The molecule has 3 nitrogen and oxygen atoms in total. The number of benzene rings is 3. The molecule has 0 radical (unpaired) electrons. The molecule has 0 saturated carbocycles. The van der Waals surface area contributed by atoms with Gasteiger partial charge < -0.3 is 9.47 Å². The molecule has 3 aromatic carbocycles. The van der Waals surface area contributed by atoms with E-state index in [1.165, 1.54) is 48.5 Å². The number of allylic oxidation sites excluding steroid dienone is 2. The van der Waals surface area contributed by atoms with Gasteiger partial charge in [-0.1, -0.05) is 48.6 Å². The predicted octanol–water partition coefficient (Wildman–Crippen LogP) is 7.47. The van der Waals surface area contributed by atoms with Gasteiger partial charge in [-0.3, -0.25) is 0 Å². The number of carbonyl (C=O) groups excluding carboxylic acids is 1. The minimum Gasteiger partial charge on any atom is -0.420 e. The van der Waals surface area contributed by atoms with E-state index >= 15 is 0 Å². The summed E-state index contributed by atoms with van der Waals surface area (Å²) in [6.07, 6.45) is 5.02. The van der Waals surface area contributed by atoms with Gasteiger partial charge in [0.2, 0.25) is 5.82 Å². The third kappa shape index (κ3) is 4.58. The van der Waals surface area contributed by atoms with E-state index in [0.29, 0.717) is 36.1 Å². The van der Waals surface area contributed by atoms with E-state index in [-0.39, 0.29) is 22.6 Å². The standard InChI is InChI=1S/C29H22F4O3/c1-2-16-3-5-19(6-4-16)29(34)36-23-14-13-21(26(31)28(23)33)18-9-7-17(8-10-18)20-11-12-22(24-15-35-24)27(32)25(20)30/h2,5,7-14,16,24H,1,3-4,6,15H2.